The molecule has 1 heterocycles. The molecular weight excluding hydrogens is 162 g/mol. The maximum absolute atomic E-state index is 3.96. The van der Waals surface area contributed by atoms with Gasteiger partial charge in [-0.15, -0.1) is 0 Å². The SMILES string of the molecule is CNN=Cc1ccc2c(c1)NCC2. The molecule has 0 radical (unpaired) electrons. The highest BCUT2D eigenvalue weighted by Gasteiger charge is 2.08. The van der Waals surface area contributed by atoms with Gasteiger partial charge in [-0.1, -0.05) is 12.1 Å². The van der Waals surface area contributed by atoms with E-state index in [0.29, 0.717) is 0 Å². The topological polar surface area (TPSA) is 36.4 Å². The van der Waals surface area contributed by atoms with E-state index in [9.17, 15) is 0 Å². The molecule has 68 valence electrons. The van der Waals surface area contributed by atoms with Crippen LogP contribution in [0.25, 0.3) is 0 Å². The van der Waals surface area contributed by atoms with Gasteiger partial charge in [0.15, 0.2) is 0 Å². The van der Waals surface area contributed by atoms with E-state index >= 15 is 0 Å². The molecule has 0 aliphatic carbocycles. The second-order valence-electron chi connectivity index (χ2n) is 3.08. The van der Waals surface area contributed by atoms with Crippen LogP contribution >= 0.6 is 0 Å². The van der Waals surface area contributed by atoms with E-state index in [-0.39, 0.29) is 0 Å². The Morgan fingerprint density at radius 1 is 1.54 bits per heavy atom. The molecule has 0 saturated heterocycles. The number of nitrogens with one attached hydrogen (secondary N) is 2. The lowest BCUT2D eigenvalue weighted by atomic mass is 10.1. The Labute approximate surface area is 77.9 Å². The molecule has 13 heavy (non-hydrogen) atoms. The third kappa shape index (κ3) is 1.64. The average molecular weight is 175 g/mol. The van der Waals surface area contributed by atoms with E-state index in [1.165, 1.54) is 11.3 Å². The van der Waals surface area contributed by atoms with Crippen LogP contribution in [-0.4, -0.2) is 19.8 Å². The van der Waals surface area contributed by atoms with Crippen molar-refractivity contribution >= 4 is 11.9 Å². The van der Waals surface area contributed by atoms with E-state index in [2.05, 4.69) is 34.0 Å². The highest BCUT2D eigenvalue weighted by atomic mass is 15.3. The zero-order chi connectivity index (χ0) is 9.10. The van der Waals surface area contributed by atoms with Crippen LogP contribution < -0.4 is 10.7 Å². The van der Waals surface area contributed by atoms with Crippen molar-refractivity contribution in [2.45, 2.75) is 6.42 Å². The summed E-state index contributed by atoms with van der Waals surface area (Å²) < 4.78 is 0. The lowest BCUT2D eigenvalue weighted by Gasteiger charge is -2.00. The second-order valence-corrected chi connectivity index (χ2v) is 3.08. The average Bonchev–Trinajstić information content (AvgIpc) is 2.61. The number of benzene rings is 1. The first-order valence-electron chi connectivity index (χ1n) is 4.47. The molecule has 1 aliphatic rings. The van der Waals surface area contributed by atoms with Crippen LogP contribution in [0.15, 0.2) is 23.3 Å². The van der Waals surface area contributed by atoms with Gasteiger partial charge in [-0.05, 0) is 23.6 Å². The maximum atomic E-state index is 3.96. The Morgan fingerprint density at radius 3 is 3.31 bits per heavy atom. The summed E-state index contributed by atoms with van der Waals surface area (Å²) in [5.41, 5.74) is 6.51. The number of nitrogens with zero attached hydrogens (tertiary/aromatic N) is 1. The molecule has 1 aromatic rings. The van der Waals surface area contributed by atoms with Gasteiger partial charge in [0.25, 0.3) is 0 Å². The lowest BCUT2D eigenvalue weighted by Crippen LogP contribution is -1.95. The van der Waals surface area contributed by atoms with Gasteiger partial charge in [0, 0.05) is 19.3 Å². The van der Waals surface area contributed by atoms with Crippen molar-refractivity contribution in [2.75, 3.05) is 18.9 Å². The van der Waals surface area contributed by atoms with Crippen LogP contribution in [0.5, 0.6) is 0 Å². The van der Waals surface area contributed by atoms with Gasteiger partial charge in [-0.2, -0.15) is 5.10 Å². The van der Waals surface area contributed by atoms with Crippen molar-refractivity contribution < 1.29 is 0 Å². The molecule has 3 heteroatoms. The first kappa shape index (κ1) is 8.10. The predicted molar refractivity (Wildman–Crippen MR) is 55.3 cm³/mol. The number of fused-ring (bicyclic) bond motifs is 1. The van der Waals surface area contributed by atoms with Gasteiger partial charge in [-0.3, -0.25) is 0 Å². The first-order valence-corrected chi connectivity index (χ1v) is 4.47. The molecule has 2 rings (SSSR count). The zero-order valence-electron chi connectivity index (χ0n) is 7.67. The van der Waals surface area contributed by atoms with Crippen LogP contribution in [0.1, 0.15) is 11.1 Å². The summed E-state index contributed by atoms with van der Waals surface area (Å²) in [6.45, 7) is 1.06. The number of anilines is 1. The largest absolute Gasteiger partial charge is 0.384 e. The highest BCUT2D eigenvalue weighted by Crippen LogP contribution is 2.22. The van der Waals surface area contributed by atoms with E-state index in [0.717, 1.165) is 18.5 Å². The van der Waals surface area contributed by atoms with Gasteiger partial charge in [0.05, 0.1) is 6.21 Å². The molecule has 0 saturated carbocycles. The fourth-order valence-corrected chi connectivity index (χ4v) is 1.53. The molecule has 0 amide bonds. The number of rotatable bonds is 2. The summed E-state index contributed by atoms with van der Waals surface area (Å²) in [5, 5.41) is 7.30. The highest BCUT2D eigenvalue weighted by molar-refractivity contribution is 5.82. The van der Waals surface area contributed by atoms with Gasteiger partial charge in [0.1, 0.15) is 0 Å². The normalized spacial score (nSPS) is 14.2. The summed E-state index contributed by atoms with van der Waals surface area (Å²) in [5.74, 6) is 0. The molecule has 0 unspecified atom stereocenters. The standard InChI is InChI=1S/C10H13N3/c1-11-13-7-8-2-3-9-4-5-12-10(9)6-8/h2-3,6-7,11-12H,4-5H2,1H3. The fourth-order valence-electron chi connectivity index (χ4n) is 1.53. The predicted octanol–water partition coefficient (Wildman–Crippen LogP) is 1.21. The lowest BCUT2D eigenvalue weighted by molar-refractivity contribution is 0.908. The minimum Gasteiger partial charge on any atom is -0.384 e. The van der Waals surface area contributed by atoms with Crippen molar-refractivity contribution in [3.05, 3.63) is 29.3 Å². The van der Waals surface area contributed by atoms with Crippen molar-refractivity contribution in [1.29, 1.82) is 0 Å². The van der Waals surface area contributed by atoms with Crippen molar-refractivity contribution in [3.63, 3.8) is 0 Å². The van der Waals surface area contributed by atoms with Gasteiger partial charge >= 0.3 is 0 Å². The molecule has 1 aliphatic heterocycles. The molecule has 0 fully saturated rings. The summed E-state index contributed by atoms with van der Waals surface area (Å²) in [6, 6.07) is 6.38. The monoisotopic (exact) mass is 175 g/mol. The Kier molecular flexibility index (Phi) is 2.17. The van der Waals surface area contributed by atoms with Gasteiger partial charge < -0.3 is 10.7 Å². The summed E-state index contributed by atoms with van der Waals surface area (Å²) >= 11 is 0. The molecule has 2 N–H and O–H groups in total. The smallest absolute Gasteiger partial charge is 0.0541 e. The fraction of sp³-hybridized carbons (Fsp3) is 0.300. The van der Waals surface area contributed by atoms with Crippen molar-refractivity contribution in [1.82, 2.24) is 5.43 Å². The van der Waals surface area contributed by atoms with Crippen LogP contribution in [0.2, 0.25) is 0 Å². The van der Waals surface area contributed by atoms with Crippen molar-refractivity contribution in [3.8, 4) is 0 Å². The zero-order valence-corrected chi connectivity index (χ0v) is 7.67. The molecule has 3 nitrogen and oxygen atoms in total. The third-order valence-electron chi connectivity index (χ3n) is 2.19. The molecular formula is C10H13N3. The number of hydrazone groups is 1. The third-order valence-corrected chi connectivity index (χ3v) is 2.19. The maximum Gasteiger partial charge on any atom is 0.0541 e. The van der Waals surface area contributed by atoms with E-state index in [1.54, 1.807) is 7.05 Å². The molecule has 0 aromatic heterocycles. The van der Waals surface area contributed by atoms with Crippen LogP contribution in [0, 0.1) is 0 Å². The number of hydrogen-bond donors (Lipinski definition) is 2. The van der Waals surface area contributed by atoms with Crippen molar-refractivity contribution in [2.24, 2.45) is 5.10 Å². The van der Waals surface area contributed by atoms with E-state index in [1.807, 2.05) is 6.21 Å². The van der Waals surface area contributed by atoms with Crippen LogP contribution in [-0.2, 0) is 6.42 Å². The first-order chi connectivity index (χ1) is 6.40. The van der Waals surface area contributed by atoms with Crippen LogP contribution in [0.4, 0.5) is 5.69 Å². The molecule has 0 spiro atoms. The Morgan fingerprint density at radius 2 is 2.46 bits per heavy atom. The Hall–Kier alpha value is -1.51. The summed E-state index contributed by atoms with van der Waals surface area (Å²) in [7, 11) is 1.79. The Bertz CT molecular complexity index is 331. The molecule has 0 bridgehead atoms. The molecule has 0 atom stereocenters. The number of hydrogen-bond acceptors (Lipinski definition) is 3. The quantitative estimate of drug-likeness (QED) is 0.523. The van der Waals surface area contributed by atoms with Gasteiger partial charge in [-0.25, -0.2) is 0 Å². The van der Waals surface area contributed by atoms with Crippen LogP contribution in [0.3, 0.4) is 0 Å². The van der Waals surface area contributed by atoms with E-state index < -0.39 is 0 Å². The van der Waals surface area contributed by atoms with E-state index in [4.69, 9.17) is 0 Å². The minimum atomic E-state index is 1.06. The van der Waals surface area contributed by atoms with Gasteiger partial charge in [0.2, 0.25) is 0 Å². The second kappa shape index (κ2) is 3.47. The Balaban J connectivity index is 2.25. The summed E-state index contributed by atoms with van der Waals surface area (Å²) in [4.78, 5) is 0. The minimum absolute atomic E-state index is 1.06. The summed E-state index contributed by atoms with van der Waals surface area (Å²) in [6.07, 6.45) is 2.96. The molecule has 1 aromatic carbocycles.